The van der Waals surface area contributed by atoms with Crippen molar-refractivity contribution < 1.29 is 0 Å². The van der Waals surface area contributed by atoms with Gasteiger partial charge in [0.15, 0.2) is 0 Å². The van der Waals surface area contributed by atoms with E-state index in [4.69, 9.17) is 5.73 Å². The Kier molecular flexibility index (Phi) is 3.03. The van der Waals surface area contributed by atoms with E-state index in [2.05, 4.69) is 33.1 Å². The van der Waals surface area contributed by atoms with Crippen LogP contribution in [0.2, 0.25) is 0 Å². The summed E-state index contributed by atoms with van der Waals surface area (Å²) in [4.78, 5) is 0. The first-order chi connectivity index (χ1) is 5.87. The Morgan fingerprint density at radius 3 is 2.08 bits per heavy atom. The van der Waals surface area contributed by atoms with E-state index in [9.17, 15) is 0 Å². The topological polar surface area (TPSA) is 38.0 Å². The molecule has 2 heteroatoms. The first kappa shape index (κ1) is 11.0. The zero-order valence-corrected chi connectivity index (χ0v) is 9.48. The maximum absolute atomic E-state index is 6.12. The molecule has 0 aliphatic heterocycles. The lowest BCUT2D eigenvalue weighted by atomic mass is 9.71. The first-order valence-corrected chi connectivity index (χ1v) is 5.35. The van der Waals surface area contributed by atoms with Crippen LogP contribution in [-0.4, -0.2) is 18.1 Å². The van der Waals surface area contributed by atoms with Crippen molar-refractivity contribution in [3.63, 3.8) is 0 Å². The zero-order chi connectivity index (χ0) is 10.1. The molecule has 0 aromatic heterocycles. The average molecular weight is 184 g/mol. The molecule has 1 rings (SSSR count). The highest BCUT2D eigenvalue weighted by molar-refractivity contribution is 4.93. The largest absolute Gasteiger partial charge is 0.325 e. The fraction of sp³-hybridized carbons (Fsp3) is 1.00. The maximum atomic E-state index is 6.12. The Labute approximate surface area is 82.3 Å². The van der Waals surface area contributed by atoms with Crippen LogP contribution in [0.25, 0.3) is 0 Å². The molecular weight excluding hydrogens is 160 g/mol. The normalized spacial score (nSPS) is 36.2. The van der Waals surface area contributed by atoms with E-state index < -0.39 is 0 Å². The number of hydrogen-bond acceptors (Lipinski definition) is 2. The highest BCUT2D eigenvalue weighted by Gasteiger charge is 2.34. The minimum atomic E-state index is 0.00900. The van der Waals surface area contributed by atoms with Crippen molar-refractivity contribution in [2.45, 2.75) is 57.5 Å². The van der Waals surface area contributed by atoms with Gasteiger partial charge in [0.1, 0.15) is 0 Å². The van der Waals surface area contributed by atoms with E-state index >= 15 is 0 Å². The molecule has 0 radical (unpaired) electrons. The Bertz CT molecular complexity index is 161. The molecule has 0 aromatic carbocycles. The SMILES string of the molecule is CNC1(C)CCC(C(C)(C)N)CC1. The number of rotatable bonds is 2. The van der Waals surface area contributed by atoms with Gasteiger partial charge in [0, 0.05) is 11.1 Å². The van der Waals surface area contributed by atoms with Crippen molar-refractivity contribution in [3.05, 3.63) is 0 Å². The van der Waals surface area contributed by atoms with Gasteiger partial charge in [0.25, 0.3) is 0 Å². The van der Waals surface area contributed by atoms with Gasteiger partial charge in [0.05, 0.1) is 0 Å². The van der Waals surface area contributed by atoms with Gasteiger partial charge in [-0.1, -0.05) is 0 Å². The first-order valence-electron chi connectivity index (χ1n) is 5.35. The van der Waals surface area contributed by atoms with Crippen LogP contribution in [0.5, 0.6) is 0 Å². The third-order valence-corrected chi connectivity index (χ3v) is 3.74. The highest BCUT2D eigenvalue weighted by Crippen LogP contribution is 2.35. The maximum Gasteiger partial charge on any atom is 0.0150 e. The predicted octanol–water partition coefficient (Wildman–Crippen LogP) is 1.89. The summed E-state index contributed by atoms with van der Waals surface area (Å²) in [6.07, 6.45) is 5.05. The van der Waals surface area contributed by atoms with Gasteiger partial charge >= 0.3 is 0 Å². The van der Waals surface area contributed by atoms with Crippen molar-refractivity contribution >= 4 is 0 Å². The number of nitrogens with two attached hydrogens (primary N) is 1. The second kappa shape index (κ2) is 3.58. The molecule has 78 valence electrons. The molecule has 0 saturated heterocycles. The summed E-state index contributed by atoms with van der Waals surface area (Å²) in [5.41, 5.74) is 6.49. The van der Waals surface area contributed by atoms with Crippen LogP contribution in [0.15, 0.2) is 0 Å². The molecule has 1 fully saturated rings. The lowest BCUT2D eigenvalue weighted by Gasteiger charge is -2.42. The van der Waals surface area contributed by atoms with E-state index in [1.54, 1.807) is 0 Å². The van der Waals surface area contributed by atoms with E-state index in [1.165, 1.54) is 25.7 Å². The molecule has 0 heterocycles. The molecular formula is C11H24N2. The van der Waals surface area contributed by atoms with Crippen molar-refractivity contribution in [2.75, 3.05) is 7.05 Å². The molecule has 0 aromatic rings. The van der Waals surface area contributed by atoms with Crippen LogP contribution < -0.4 is 11.1 Å². The summed E-state index contributed by atoms with van der Waals surface area (Å²) >= 11 is 0. The van der Waals surface area contributed by atoms with Gasteiger partial charge in [-0.3, -0.25) is 0 Å². The van der Waals surface area contributed by atoms with Gasteiger partial charge in [-0.2, -0.15) is 0 Å². The second-order valence-corrected chi connectivity index (χ2v) is 5.41. The van der Waals surface area contributed by atoms with Crippen molar-refractivity contribution in [3.8, 4) is 0 Å². The van der Waals surface area contributed by atoms with Crippen LogP contribution in [0.1, 0.15) is 46.5 Å². The minimum absolute atomic E-state index is 0.00900. The van der Waals surface area contributed by atoms with E-state index in [1.807, 2.05) is 0 Å². The van der Waals surface area contributed by atoms with Gasteiger partial charge in [-0.25, -0.2) is 0 Å². The Balaban J connectivity index is 2.48. The monoisotopic (exact) mass is 184 g/mol. The van der Waals surface area contributed by atoms with Gasteiger partial charge in [-0.15, -0.1) is 0 Å². The number of nitrogens with one attached hydrogen (secondary N) is 1. The Morgan fingerprint density at radius 2 is 1.77 bits per heavy atom. The van der Waals surface area contributed by atoms with Gasteiger partial charge in [-0.05, 0) is 59.4 Å². The third kappa shape index (κ3) is 2.68. The molecule has 13 heavy (non-hydrogen) atoms. The summed E-state index contributed by atoms with van der Waals surface area (Å²) in [5, 5.41) is 3.41. The molecule has 0 amide bonds. The standard InChI is InChI=1S/C11H24N2/c1-10(2,12)9-5-7-11(3,13-4)8-6-9/h9,13H,5-8,12H2,1-4H3. The Morgan fingerprint density at radius 1 is 1.31 bits per heavy atom. The summed E-state index contributed by atoms with van der Waals surface area (Å²) in [6.45, 7) is 6.62. The predicted molar refractivity (Wildman–Crippen MR) is 57.7 cm³/mol. The minimum Gasteiger partial charge on any atom is -0.325 e. The summed E-state index contributed by atoms with van der Waals surface area (Å²) < 4.78 is 0. The smallest absolute Gasteiger partial charge is 0.0150 e. The lowest BCUT2D eigenvalue weighted by Crippen LogP contribution is -2.49. The fourth-order valence-electron chi connectivity index (χ4n) is 2.25. The molecule has 0 bridgehead atoms. The Hall–Kier alpha value is -0.0800. The van der Waals surface area contributed by atoms with Gasteiger partial charge in [0.2, 0.25) is 0 Å². The quantitative estimate of drug-likeness (QED) is 0.688. The second-order valence-electron chi connectivity index (χ2n) is 5.41. The molecule has 0 unspecified atom stereocenters. The summed E-state index contributed by atoms with van der Waals surface area (Å²) in [7, 11) is 2.06. The van der Waals surface area contributed by atoms with Crippen molar-refractivity contribution in [1.29, 1.82) is 0 Å². The van der Waals surface area contributed by atoms with Crippen molar-refractivity contribution in [1.82, 2.24) is 5.32 Å². The zero-order valence-electron chi connectivity index (χ0n) is 9.48. The van der Waals surface area contributed by atoms with E-state index in [0.29, 0.717) is 11.5 Å². The van der Waals surface area contributed by atoms with Crippen LogP contribution >= 0.6 is 0 Å². The highest BCUT2D eigenvalue weighted by atomic mass is 14.9. The molecule has 1 saturated carbocycles. The average Bonchev–Trinajstić information content (AvgIpc) is 2.04. The molecule has 0 atom stereocenters. The molecule has 1 aliphatic rings. The molecule has 0 spiro atoms. The fourth-order valence-corrected chi connectivity index (χ4v) is 2.25. The van der Waals surface area contributed by atoms with E-state index in [0.717, 1.165) is 0 Å². The lowest BCUT2D eigenvalue weighted by molar-refractivity contribution is 0.164. The van der Waals surface area contributed by atoms with Crippen LogP contribution in [0, 0.1) is 5.92 Å². The van der Waals surface area contributed by atoms with Crippen molar-refractivity contribution in [2.24, 2.45) is 11.7 Å². The molecule has 2 nitrogen and oxygen atoms in total. The van der Waals surface area contributed by atoms with Crippen LogP contribution in [-0.2, 0) is 0 Å². The van der Waals surface area contributed by atoms with Crippen LogP contribution in [0.4, 0.5) is 0 Å². The molecule has 1 aliphatic carbocycles. The summed E-state index contributed by atoms with van der Waals surface area (Å²) in [5.74, 6) is 0.703. The van der Waals surface area contributed by atoms with Gasteiger partial charge < -0.3 is 11.1 Å². The molecule has 3 N–H and O–H groups in total. The third-order valence-electron chi connectivity index (χ3n) is 3.74. The van der Waals surface area contributed by atoms with E-state index in [-0.39, 0.29) is 5.54 Å². The van der Waals surface area contributed by atoms with Crippen LogP contribution in [0.3, 0.4) is 0 Å². The summed E-state index contributed by atoms with van der Waals surface area (Å²) in [6, 6.07) is 0. The number of hydrogen-bond donors (Lipinski definition) is 2.